The van der Waals surface area contributed by atoms with Crippen LogP contribution in [0.5, 0.6) is 0 Å². The molecule has 20 heavy (non-hydrogen) atoms. The zero-order chi connectivity index (χ0) is 15.2. The molecule has 118 valence electrons. The van der Waals surface area contributed by atoms with Crippen molar-refractivity contribution in [2.75, 3.05) is 26.4 Å². The van der Waals surface area contributed by atoms with Gasteiger partial charge in [-0.1, -0.05) is 6.58 Å². The van der Waals surface area contributed by atoms with Gasteiger partial charge in [-0.3, -0.25) is 0 Å². The lowest BCUT2D eigenvalue weighted by atomic mass is 10.3. The first-order valence-corrected chi connectivity index (χ1v) is 7.14. The van der Waals surface area contributed by atoms with E-state index in [1.165, 1.54) is 0 Å². The minimum absolute atomic E-state index is 0.00247. The predicted molar refractivity (Wildman–Crippen MR) is 76.5 cm³/mol. The fraction of sp³-hybridized carbons (Fsp3) is 0.867. The molecule has 1 heterocycles. The summed E-state index contributed by atoms with van der Waals surface area (Å²) in [5.41, 5.74) is 0. The second kappa shape index (κ2) is 7.98. The second-order valence-electron chi connectivity index (χ2n) is 5.65. The monoisotopic (exact) mass is 288 g/mol. The maximum atomic E-state index is 5.68. The Hall–Kier alpha value is -0.620. The molecule has 1 aliphatic rings. The highest BCUT2D eigenvalue weighted by Gasteiger charge is 2.40. The topological polar surface area (TPSA) is 49.5 Å². The standard InChI is InChI=1S/C15H28O5/c1-11(2)20-14(5)8-17-12(3)7-16-13(4)9-18-15(6)10-19-15/h12-14H,1,7-10H2,2-6H3. The molecule has 1 rings (SSSR count). The zero-order valence-corrected chi connectivity index (χ0v) is 13.3. The minimum Gasteiger partial charge on any atom is -0.494 e. The second-order valence-corrected chi connectivity index (χ2v) is 5.65. The van der Waals surface area contributed by atoms with Gasteiger partial charge in [0.25, 0.3) is 0 Å². The Morgan fingerprint density at radius 1 is 1.10 bits per heavy atom. The van der Waals surface area contributed by atoms with Crippen LogP contribution in [0, 0.1) is 0 Å². The molecule has 0 bridgehead atoms. The van der Waals surface area contributed by atoms with E-state index in [-0.39, 0.29) is 24.1 Å². The van der Waals surface area contributed by atoms with Crippen LogP contribution in [0.3, 0.4) is 0 Å². The van der Waals surface area contributed by atoms with E-state index in [2.05, 4.69) is 6.58 Å². The average molecular weight is 288 g/mol. The number of ether oxygens (including phenoxy) is 5. The Labute approximate surface area is 122 Å². The van der Waals surface area contributed by atoms with Crippen molar-refractivity contribution < 1.29 is 23.7 Å². The van der Waals surface area contributed by atoms with Gasteiger partial charge >= 0.3 is 0 Å². The zero-order valence-electron chi connectivity index (χ0n) is 13.3. The first kappa shape index (κ1) is 17.4. The third-order valence-electron chi connectivity index (χ3n) is 2.81. The summed E-state index contributed by atoms with van der Waals surface area (Å²) in [4.78, 5) is 0. The van der Waals surface area contributed by atoms with E-state index in [4.69, 9.17) is 23.7 Å². The van der Waals surface area contributed by atoms with Crippen molar-refractivity contribution in [1.29, 1.82) is 0 Å². The molecule has 1 aliphatic heterocycles. The Balaban J connectivity index is 2.03. The Kier molecular flexibility index (Phi) is 6.95. The van der Waals surface area contributed by atoms with Gasteiger partial charge in [0.05, 0.1) is 37.8 Å². The van der Waals surface area contributed by atoms with Gasteiger partial charge in [0, 0.05) is 0 Å². The molecule has 4 atom stereocenters. The molecule has 0 N–H and O–H groups in total. The van der Waals surface area contributed by atoms with Crippen LogP contribution in [0.25, 0.3) is 0 Å². The molecule has 0 aromatic rings. The molecule has 0 aliphatic carbocycles. The van der Waals surface area contributed by atoms with Crippen molar-refractivity contribution in [3.05, 3.63) is 12.3 Å². The first-order chi connectivity index (χ1) is 9.31. The van der Waals surface area contributed by atoms with E-state index >= 15 is 0 Å². The molecule has 4 unspecified atom stereocenters. The van der Waals surface area contributed by atoms with Crippen molar-refractivity contribution in [2.24, 2.45) is 0 Å². The molecular formula is C15H28O5. The number of rotatable bonds is 11. The summed E-state index contributed by atoms with van der Waals surface area (Å²) in [6.45, 7) is 15.6. The largest absolute Gasteiger partial charge is 0.494 e. The summed E-state index contributed by atoms with van der Waals surface area (Å²) >= 11 is 0. The van der Waals surface area contributed by atoms with Crippen LogP contribution in [0.2, 0.25) is 0 Å². The summed E-state index contributed by atoms with van der Waals surface area (Å²) < 4.78 is 27.5. The van der Waals surface area contributed by atoms with E-state index in [1.54, 1.807) is 0 Å². The van der Waals surface area contributed by atoms with E-state index in [1.807, 2.05) is 34.6 Å². The van der Waals surface area contributed by atoms with Crippen LogP contribution >= 0.6 is 0 Å². The van der Waals surface area contributed by atoms with Gasteiger partial charge in [0.15, 0.2) is 5.79 Å². The first-order valence-electron chi connectivity index (χ1n) is 7.14. The van der Waals surface area contributed by atoms with E-state index in [9.17, 15) is 0 Å². The molecular weight excluding hydrogens is 260 g/mol. The third kappa shape index (κ3) is 7.85. The number of hydrogen-bond acceptors (Lipinski definition) is 5. The lowest BCUT2D eigenvalue weighted by molar-refractivity contribution is -0.102. The molecule has 0 aromatic carbocycles. The molecule has 1 fully saturated rings. The summed E-state index contributed by atoms with van der Waals surface area (Å²) in [5, 5.41) is 0. The predicted octanol–water partition coefficient (Wildman–Crippen LogP) is 2.50. The lowest BCUT2D eigenvalue weighted by Gasteiger charge is -2.20. The summed E-state index contributed by atoms with van der Waals surface area (Å²) in [6.07, 6.45) is 0.0372. The highest BCUT2D eigenvalue weighted by molar-refractivity contribution is 4.76. The van der Waals surface area contributed by atoms with Crippen LogP contribution < -0.4 is 0 Å². The molecule has 0 aromatic heterocycles. The van der Waals surface area contributed by atoms with Crippen LogP contribution in [-0.4, -0.2) is 50.5 Å². The minimum atomic E-state index is -0.380. The normalized spacial score (nSPS) is 25.9. The van der Waals surface area contributed by atoms with Crippen LogP contribution in [0.15, 0.2) is 12.3 Å². The molecule has 0 saturated carbocycles. The maximum absolute atomic E-state index is 5.68. The fourth-order valence-corrected chi connectivity index (χ4v) is 1.55. The highest BCUT2D eigenvalue weighted by Crippen LogP contribution is 2.27. The van der Waals surface area contributed by atoms with Crippen molar-refractivity contribution >= 4 is 0 Å². The highest BCUT2D eigenvalue weighted by atomic mass is 16.8. The molecule has 0 radical (unpaired) electrons. The summed E-state index contributed by atoms with van der Waals surface area (Å²) in [5.74, 6) is 0.321. The van der Waals surface area contributed by atoms with E-state index in [0.717, 1.165) is 0 Å². The Morgan fingerprint density at radius 3 is 2.10 bits per heavy atom. The number of hydrogen-bond donors (Lipinski definition) is 0. The van der Waals surface area contributed by atoms with Crippen LogP contribution in [-0.2, 0) is 23.7 Å². The van der Waals surface area contributed by atoms with Crippen molar-refractivity contribution in [3.63, 3.8) is 0 Å². The number of allylic oxidation sites excluding steroid dienone is 1. The van der Waals surface area contributed by atoms with Gasteiger partial charge in [0.1, 0.15) is 12.7 Å². The van der Waals surface area contributed by atoms with Gasteiger partial charge in [-0.25, -0.2) is 0 Å². The average Bonchev–Trinajstić information content (AvgIpc) is 3.09. The quantitative estimate of drug-likeness (QED) is 0.432. The fourth-order valence-electron chi connectivity index (χ4n) is 1.55. The Bertz CT molecular complexity index is 301. The van der Waals surface area contributed by atoms with Crippen LogP contribution in [0.4, 0.5) is 0 Å². The molecule has 0 amide bonds. The Morgan fingerprint density at radius 2 is 1.60 bits per heavy atom. The van der Waals surface area contributed by atoms with Gasteiger partial charge in [-0.15, -0.1) is 0 Å². The summed E-state index contributed by atoms with van der Waals surface area (Å²) in [7, 11) is 0. The van der Waals surface area contributed by atoms with Gasteiger partial charge < -0.3 is 23.7 Å². The molecule has 5 heteroatoms. The lowest BCUT2D eigenvalue weighted by Crippen LogP contribution is -2.27. The van der Waals surface area contributed by atoms with Crippen molar-refractivity contribution in [2.45, 2.75) is 58.7 Å². The van der Waals surface area contributed by atoms with Crippen molar-refractivity contribution in [1.82, 2.24) is 0 Å². The number of epoxide rings is 1. The van der Waals surface area contributed by atoms with Gasteiger partial charge in [-0.05, 0) is 34.6 Å². The summed E-state index contributed by atoms with van der Waals surface area (Å²) in [6, 6.07) is 0. The molecule has 5 nitrogen and oxygen atoms in total. The van der Waals surface area contributed by atoms with E-state index < -0.39 is 0 Å². The SMILES string of the molecule is C=C(C)OC(C)COC(C)COC(C)COC1(C)CO1. The molecule has 1 saturated heterocycles. The van der Waals surface area contributed by atoms with Crippen molar-refractivity contribution in [3.8, 4) is 0 Å². The molecule has 0 spiro atoms. The third-order valence-corrected chi connectivity index (χ3v) is 2.81. The van der Waals surface area contributed by atoms with E-state index in [0.29, 0.717) is 32.2 Å². The smallest absolute Gasteiger partial charge is 0.189 e. The van der Waals surface area contributed by atoms with Gasteiger partial charge in [-0.2, -0.15) is 0 Å². The maximum Gasteiger partial charge on any atom is 0.189 e. The van der Waals surface area contributed by atoms with Crippen LogP contribution in [0.1, 0.15) is 34.6 Å². The van der Waals surface area contributed by atoms with Gasteiger partial charge in [0.2, 0.25) is 0 Å².